The SMILES string of the molecule is CSSC(C)(C)C.C[C@H](C(=O)OCC#N)N(C)C(=O)OCc1ccc(N=[N+]=[N-])cc1. The zero-order valence-corrected chi connectivity index (χ0v) is 19.6. The molecule has 0 aliphatic carbocycles. The number of amides is 1. The summed E-state index contributed by atoms with van der Waals surface area (Å²) in [6, 6.07) is 7.29. The number of hydrogen-bond donors (Lipinski definition) is 0. The summed E-state index contributed by atoms with van der Waals surface area (Å²) in [5.74, 6) is -0.690. The van der Waals surface area contributed by atoms with E-state index in [1.807, 2.05) is 21.6 Å². The van der Waals surface area contributed by atoms with E-state index in [-0.39, 0.29) is 13.2 Å². The minimum absolute atomic E-state index is 0.000313. The fourth-order valence-electron chi connectivity index (χ4n) is 1.75. The van der Waals surface area contributed by atoms with Crippen molar-refractivity contribution in [2.24, 2.45) is 5.11 Å². The van der Waals surface area contributed by atoms with Gasteiger partial charge in [-0.3, -0.25) is 4.90 Å². The van der Waals surface area contributed by atoms with Crippen LogP contribution in [0.15, 0.2) is 29.4 Å². The van der Waals surface area contributed by atoms with E-state index in [0.29, 0.717) is 16.0 Å². The fraction of sp³-hybridized carbons (Fsp3) is 0.526. The maximum Gasteiger partial charge on any atom is 0.410 e. The molecular formula is C19H27N5O4S2. The number of carbonyl (C=O) groups excluding carboxylic acids is 2. The minimum atomic E-state index is -0.872. The van der Waals surface area contributed by atoms with Crippen molar-refractivity contribution in [1.82, 2.24) is 4.90 Å². The van der Waals surface area contributed by atoms with Crippen LogP contribution < -0.4 is 0 Å². The molecule has 0 aromatic heterocycles. The molecule has 9 nitrogen and oxygen atoms in total. The molecule has 0 heterocycles. The first-order valence-corrected chi connectivity index (χ1v) is 11.4. The molecule has 0 N–H and O–H groups in total. The average molecular weight is 454 g/mol. The lowest BCUT2D eigenvalue weighted by atomic mass is 10.2. The summed E-state index contributed by atoms with van der Waals surface area (Å²) >= 11 is 0. The smallest absolute Gasteiger partial charge is 0.410 e. The highest BCUT2D eigenvalue weighted by atomic mass is 33.1. The standard InChI is InChI=1S/C14H15N5O4.C5H12S2/c1-10(13(20)22-8-7-15)19(2)14(21)23-9-11-3-5-12(6-4-11)17-18-16;1-5(2,3)7-6-4/h3-6,10H,8-9H2,1-2H3;1-4H3/t10-;/m1./s1. The quantitative estimate of drug-likeness (QED) is 0.176. The van der Waals surface area contributed by atoms with Gasteiger partial charge in [0, 0.05) is 22.4 Å². The van der Waals surface area contributed by atoms with Crippen LogP contribution in [0.25, 0.3) is 10.4 Å². The molecule has 1 atom stereocenters. The number of ether oxygens (including phenoxy) is 2. The van der Waals surface area contributed by atoms with Crippen LogP contribution in [0.3, 0.4) is 0 Å². The highest BCUT2D eigenvalue weighted by molar-refractivity contribution is 8.76. The van der Waals surface area contributed by atoms with Crippen molar-refractivity contribution < 1.29 is 19.1 Å². The number of esters is 1. The Hall–Kier alpha value is -2.54. The summed E-state index contributed by atoms with van der Waals surface area (Å²) < 4.78 is 10.1. The predicted octanol–water partition coefficient (Wildman–Crippen LogP) is 5.45. The zero-order valence-electron chi connectivity index (χ0n) is 18.0. The Morgan fingerprint density at radius 2 is 1.90 bits per heavy atom. The molecule has 0 saturated carbocycles. The highest BCUT2D eigenvalue weighted by Gasteiger charge is 2.24. The summed E-state index contributed by atoms with van der Waals surface area (Å²) in [6.45, 7) is 7.75. The third kappa shape index (κ3) is 12.1. The minimum Gasteiger partial charge on any atom is -0.449 e. The molecule has 0 fully saturated rings. The van der Waals surface area contributed by atoms with Gasteiger partial charge in [-0.25, -0.2) is 9.59 Å². The number of azide groups is 1. The lowest BCUT2D eigenvalue weighted by Crippen LogP contribution is -2.41. The van der Waals surface area contributed by atoms with E-state index in [1.54, 1.807) is 30.3 Å². The first-order chi connectivity index (χ1) is 14.1. The second kappa shape index (κ2) is 14.4. The van der Waals surface area contributed by atoms with Crippen molar-refractivity contribution in [2.45, 2.75) is 45.1 Å². The van der Waals surface area contributed by atoms with E-state index < -0.39 is 18.1 Å². The molecule has 0 spiro atoms. The number of carbonyl (C=O) groups is 2. The Kier molecular flexibility index (Phi) is 13.2. The van der Waals surface area contributed by atoms with E-state index in [9.17, 15) is 9.59 Å². The van der Waals surface area contributed by atoms with Crippen molar-refractivity contribution in [3.63, 3.8) is 0 Å². The van der Waals surface area contributed by atoms with E-state index in [2.05, 4.69) is 41.8 Å². The summed E-state index contributed by atoms with van der Waals surface area (Å²) in [5.41, 5.74) is 9.45. The Bertz CT molecular complexity index is 769. The number of rotatable bonds is 7. The van der Waals surface area contributed by atoms with E-state index in [0.717, 1.165) is 4.90 Å². The highest BCUT2D eigenvalue weighted by Crippen LogP contribution is 2.32. The second-order valence-electron chi connectivity index (χ2n) is 6.83. The molecule has 1 rings (SSSR count). The fourth-order valence-corrected chi connectivity index (χ4v) is 3.75. The summed E-state index contributed by atoms with van der Waals surface area (Å²) in [6.07, 6.45) is 1.40. The topological polar surface area (TPSA) is 128 Å². The molecule has 0 aliphatic rings. The van der Waals surface area contributed by atoms with Crippen LogP contribution in [-0.4, -0.2) is 47.7 Å². The van der Waals surface area contributed by atoms with Crippen molar-refractivity contribution in [1.29, 1.82) is 5.26 Å². The van der Waals surface area contributed by atoms with Crippen molar-refractivity contribution in [2.75, 3.05) is 19.9 Å². The lowest BCUT2D eigenvalue weighted by Gasteiger charge is -2.22. The first-order valence-electron chi connectivity index (χ1n) is 8.84. The Labute approximate surface area is 185 Å². The number of likely N-dealkylation sites (N-methyl/N-ethyl adjacent to an activating group) is 1. The Balaban J connectivity index is 0.00000103. The van der Waals surface area contributed by atoms with Crippen LogP contribution in [0.2, 0.25) is 0 Å². The van der Waals surface area contributed by atoms with Gasteiger partial charge >= 0.3 is 12.1 Å². The normalized spacial score (nSPS) is 11.0. The maximum absolute atomic E-state index is 11.9. The van der Waals surface area contributed by atoms with Crippen molar-refractivity contribution >= 4 is 39.3 Å². The van der Waals surface area contributed by atoms with E-state index in [4.69, 9.17) is 15.5 Å². The largest absolute Gasteiger partial charge is 0.449 e. The van der Waals surface area contributed by atoms with Crippen LogP contribution in [0, 0.1) is 11.3 Å². The third-order valence-corrected chi connectivity index (χ3v) is 5.95. The van der Waals surface area contributed by atoms with Gasteiger partial charge in [-0.15, -0.1) is 0 Å². The number of hydrogen-bond acceptors (Lipinski definition) is 8. The van der Waals surface area contributed by atoms with Crippen molar-refractivity contribution in [3.05, 3.63) is 40.3 Å². The van der Waals surface area contributed by atoms with Gasteiger partial charge in [0.05, 0.1) is 0 Å². The van der Waals surface area contributed by atoms with Crippen molar-refractivity contribution in [3.8, 4) is 6.07 Å². The maximum atomic E-state index is 11.9. The van der Waals surface area contributed by atoms with E-state index in [1.165, 1.54) is 14.0 Å². The third-order valence-electron chi connectivity index (χ3n) is 3.28. The number of nitriles is 1. The van der Waals surface area contributed by atoms with Gasteiger partial charge in [-0.2, -0.15) is 5.26 Å². The van der Waals surface area contributed by atoms with Gasteiger partial charge in [-0.1, -0.05) is 71.7 Å². The van der Waals surface area contributed by atoms with Crippen LogP contribution in [0.1, 0.15) is 33.3 Å². The Morgan fingerprint density at radius 1 is 1.30 bits per heavy atom. The predicted molar refractivity (Wildman–Crippen MR) is 120 cm³/mol. The molecule has 30 heavy (non-hydrogen) atoms. The summed E-state index contributed by atoms with van der Waals surface area (Å²) in [7, 11) is 5.12. The number of benzene rings is 1. The molecule has 1 aromatic carbocycles. The summed E-state index contributed by atoms with van der Waals surface area (Å²) in [4.78, 5) is 27.2. The monoisotopic (exact) mass is 453 g/mol. The van der Waals surface area contributed by atoms with Crippen LogP contribution >= 0.6 is 21.6 Å². The van der Waals surface area contributed by atoms with Gasteiger partial charge in [0.25, 0.3) is 0 Å². The van der Waals surface area contributed by atoms with Gasteiger partial charge in [-0.05, 0) is 24.3 Å². The molecular weight excluding hydrogens is 426 g/mol. The molecule has 0 aliphatic heterocycles. The first kappa shape index (κ1) is 27.5. The van der Waals surface area contributed by atoms with Crippen LogP contribution in [-0.2, 0) is 20.9 Å². The molecule has 0 bridgehead atoms. The summed E-state index contributed by atoms with van der Waals surface area (Å²) in [5, 5.41) is 11.8. The molecule has 0 radical (unpaired) electrons. The van der Waals surface area contributed by atoms with Gasteiger partial charge < -0.3 is 9.47 Å². The van der Waals surface area contributed by atoms with Gasteiger partial charge in [0.1, 0.15) is 18.7 Å². The lowest BCUT2D eigenvalue weighted by molar-refractivity contribution is -0.146. The number of nitrogens with zero attached hydrogens (tertiary/aromatic N) is 5. The van der Waals surface area contributed by atoms with E-state index >= 15 is 0 Å². The van der Waals surface area contributed by atoms with Crippen LogP contribution in [0.4, 0.5) is 10.5 Å². The van der Waals surface area contributed by atoms with Gasteiger partial charge in [0.2, 0.25) is 0 Å². The van der Waals surface area contributed by atoms with Crippen LogP contribution in [0.5, 0.6) is 0 Å². The molecule has 1 amide bonds. The molecule has 0 unspecified atom stereocenters. The molecule has 11 heteroatoms. The Morgan fingerprint density at radius 3 is 2.33 bits per heavy atom. The molecule has 1 aromatic rings. The van der Waals surface area contributed by atoms with Gasteiger partial charge in [0.15, 0.2) is 6.61 Å². The average Bonchev–Trinajstić information content (AvgIpc) is 2.70. The molecule has 164 valence electrons. The molecule has 0 saturated heterocycles. The zero-order chi connectivity index (χ0) is 23.2. The second-order valence-corrected chi connectivity index (χ2v) is 10.1.